The van der Waals surface area contributed by atoms with E-state index in [0.717, 1.165) is 18.7 Å². The molecule has 1 saturated carbocycles. The molecular formula is C13H13ClFN3. The molecule has 18 heavy (non-hydrogen) atoms. The lowest BCUT2D eigenvalue weighted by Gasteiger charge is -2.02. The molecule has 5 heteroatoms. The molecular weight excluding hydrogens is 253 g/mol. The molecule has 94 valence electrons. The molecule has 1 aromatic carbocycles. The van der Waals surface area contributed by atoms with Crippen molar-refractivity contribution in [1.29, 1.82) is 0 Å². The van der Waals surface area contributed by atoms with E-state index < -0.39 is 5.82 Å². The highest BCUT2D eigenvalue weighted by Crippen LogP contribution is 2.33. The maximum absolute atomic E-state index is 13.8. The van der Waals surface area contributed by atoms with E-state index >= 15 is 0 Å². The van der Waals surface area contributed by atoms with Gasteiger partial charge in [0.2, 0.25) is 0 Å². The summed E-state index contributed by atoms with van der Waals surface area (Å²) in [7, 11) is 0. The van der Waals surface area contributed by atoms with Gasteiger partial charge in [-0.3, -0.25) is 5.10 Å². The Morgan fingerprint density at radius 3 is 2.83 bits per heavy atom. The molecule has 0 spiro atoms. The number of nitrogens with zero attached hydrogens (tertiary/aromatic N) is 2. The first-order chi connectivity index (χ1) is 8.75. The highest BCUT2D eigenvalue weighted by atomic mass is 35.5. The summed E-state index contributed by atoms with van der Waals surface area (Å²) >= 11 is 5.76. The van der Waals surface area contributed by atoms with Gasteiger partial charge in [0, 0.05) is 5.92 Å². The van der Waals surface area contributed by atoms with E-state index in [-0.39, 0.29) is 5.02 Å². The molecule has 1 fully saturated rings. The fourth-order valence-corrected chi connectivity index (χ4v) is 2.63. The molecule has 3 nitrogen and oxygen atoms in total. The molecule has 0 radical (unpaired) electrons. The van der Waals surface area contributed by atoms with Crippen molar-refractivity contribution < 1.29 is 4.39 Å². The first-order valence-corrected chi connectivity index (χ1v) is 6.50. The van der Waals surface area contributed by atoms with Crippen LogP contribution in [0, 0.1) is 5.82 Å². The summed E-state index contributed by atoms with van der Waals surface area (Å²) in [6.45, 7) is 0. The van der Waals surface area contributed by atoms with Crippen LogP contribution in [0.5, 0.6) is 0 Å². The number of nitrogens with one attached hydrogen (secondary N) is 1. The molecule has 0 bridgehead atoms. The molecule has 0 amide bonds. The smallest absolute Gasteiger partial charge is 0.184 e. The third kappa shape index (κ3) is 2.01. The molecule has 1 aliphatic carbocycles. The fourth-order valence-electron chi connectivity index (χ4n) is 2.45. The average molecular weight is 266 g/mol. The minimum atomic E-state index is -0.462. The van der Waals surface area contributed by atoms with Gasteiger partial charge in [-0.1, -0.05) is 30.5 Å². The van der Waals surface area contributed by atoms with Crippen molar-refractivity contribution >= 4 is 11.6 Å². The van der Waals surface area contributed by atoms with Gasteiger partial charge < -0.3 is 0 Å². The van der Waals surface area contributed by atoms with Gasteiger partial charge in [0.15, 0.2) is 11.6 Å². The van der Waals surface area contributed by atoms with Crippen molar-refractivity contribution in [2.45, 2.75) is 31.6 Å². The van der Waals surface area contributed by atoms with Crippen LogP contribution in [0.3, 0.4) is 0 Å². The fraction of sp³-hybridized carbons (Fsp3) is 0.385. The third-order valence-electron chi connectivity index (χ3n) is 3.44. The zero-order valence-electron chi connectivity index (χ0n) is 9.79. The predicted molar refractivity (Wildman–Crippen MR) is 68.0 cm³/mol. The van der Waals surface area contributed by atoms with Gasteiger partial charge in [-0.2, -0.15) is 5.10 Å². The highest BCUT2D eigenvalue weighted by molar-refractivity contribution is 6.31. The monoisotopic (exact) mass is 265 g/mol. The quantitative estimate of drug-likeness (QED) is 0.894. The minimum absolute atomic E-state index is 0.0970. The lowest BCUT2D eigenvalue weighted by atomic mass is 10.1. The highest BCUT2D eigenvalue weighted by Gasteiger charge is 2.21. The number of benzene rings is 1. The molecule has 1 N–H and O–H groups in total. The summed E-state index contributed by atoms with van der Waals surface area (Å²) in [6.07, 6.45) is 4.72. The van der Waals surface area contributed by atoms with Gasteiger partial charge in [0.05, 0.1) is 10.6 Å². The molecule has 0 atom stereocenters. The van der Waals surface area contributed by atoms with E-state index in [4.69, 9.17) is 11.6 Å². The first-order valence-electron chi connectivity index (χ1n) is 6.12. The van der Waals surface area contributed by atoms with Crippen molar-refractivity contribution in [3.8, 4) is 11.4 Å². The van der Waals surface area contributed by atoms with Crippen LogP contribution in [0.4, 0.5) is 4.39 Å². The number of hydrogen-bond acceptors (Lipinski definition) is 2. The molecule has 1 heterocycles. The van der Waals surface area contributed by atoms with Crippen LogP contribution < -0.4 is 0 Å². The first kappa shape index (κ1) is 11.7. The minimum Gasteiger partial charge on any atom is -0.262 e. The van der Waals surface area contributed by atoms with Crippen molar-refractivity contribution in [3.05, 3.63) is 34.9 Å². The topological polar surface area (TPSA) is 41.6 Å². The van der Waals surface area contributed by atoms with Gasteiger partial charge in [-0.15, -0.1) is 0 Å². The Kier molecular flexibility index (Phi) is 3.04. The maximum Gasteiger partial charge on any atom is 0.184 e. The Morgan fingerprint density at radius 2 is 2.06 bits per heavy atom. The van der Waals surface area contributed by atoms with Crippen LogP contribution >= 0.6 is 11.6 Å². The zero-order chi connectivity index (χ0) is 12.5. The zero-order valence-corrected chi connectivity index (χ0v) is 10.5. The van der Waals surface area contributed by atoms with Crippen LogP contribution in [0.25, 0.3) is 11.4 Å². The second kappa shape index (κ2) is 4.69. The molecule has 3 rings (SSSR count). The predicted octanol–water partition coefficient (Wildman–Crippen LogP) is 3.92. The molecule has 1 aromatic heterocycles. The second-order valence-electron chi connectivity index (χ2n) is 4.63. The standard InChI is InChI=1S/C13H13ClFN3/c14-10-7-3-6-9(11(10)15)13-16-12(17-18-13)8-4-1-2-5-8/h3,6-8H,1-2,4-5H2,(H,16,17,18). The number of aromatic nitrogens is 3. The molecule has 1 aliphatic rings. The Hall–Kier alpha value is -1.42. The number of rotatable bonds is 2. The summed E-state index contributed by atoms with van der Waals surface area (Å²) < 4.78 is 13.8. The van der Waals surface area contributed by atoms with Crippen LogP contribution in [0.1, 0.15) is 37.4 Å². The van der Waals surface area contributed by atoms with Crippen LogP contribution in [0.2, 0.25) is 5.02 Å². The summed E-state index contributed by atoms with van der Waals surface area (Å²) in [5.41, 5.74) is 0.350. The Labute approximate surface area is 109 Å². The molecule has 0 saturated heterocycles. The average Bonchev–Trinajstić information content (AvgIpc) is 3.01. The van der Waals surface area contributed by atoms with E-state index in [9.17, 15) is 4.39 Å². The number of H-pyrrole nitrogens is 1. The largest absolute Gasteiger partial charge is 0.262 e. The van der Waals surface area contributed by atoms with E-state index in [1.807, 2.05) is 0 Å². The third-order valence-corrected chi connectivity index (χ3v) is 3.73. The van der Waals surface area contributed by atoms with Gasteiger partial charge in [0.1, 0.15) is 5.82 Å². The van der Waals surface area contributed by atoms with Crippen LogP contribution in [-0.4, -0.2) is 15.2 Å². The molecule has 0 aliphatic heterocycles. The van der Waals surface area contributed by atoms with Crippen LogP contribution in [0.15, 0.2) is 18.2 Å². The normalized spacial score (nSPS) is 16.3. The summed E-state index contributed by atoms with van der Waals surface area (Å²) in [5.74, 6) is 1.23. The van der Waals surface area contributed by atoms with Gasteiger partial charge >= 0.3 is 0 Å². The number of halogens is 2. The van der Waals surface area contributed by atoms with E-state index in [0.29, 0.717) is 17.3 Å². The second-order valence-corrected chi connectivity index (χ2v) is 5.03. The Bertz CT molecular complexity index is 561. The van der Waals surface area contributed by atoms with Crippen LogP contribution in [-0.2, 0) is 0 Å². The van der Waals surface area contributed by atoms with Crippen molar-refractivity contribution in [2.24, 2.45) is 0 Å². The molecule has 2 aromatic rings. The van der Waals surface area contributed by atoms with Crippen molar-refractivity contribution in [3.63, 3.8) is 0 Å². The molecule has 0 unspecified atom stereocenters. The Morgan fingerprint density at radius 1 is 1.28 bits per heavy atom. The summed E-state index contributed by atoms with van der Waals surface area (Å²) in [4.78, 5) is 4.40. The SMILES string of the molecule is Fc1c(Cl)cccc1-c1n[nH]c(C2CCCC2)n1. The van der Waals surface area contributed by atoms with Gasteiger partial charge in [-0.25, -0.2) is 9.37 Å². The lowest BCUT2D eigenvalue weighted by molar-refractivity contribution is 0.630. The van der Waals surface area contributed by atoms with E-state index in [1.165, 1.54) is 18.9 Å². The summed E-state index contributed by atoms with van der Waals surface area (Å²) in [6, 6.07) is 4.86. The van der Waals surface area contributed by atoms with E-state index in [1.54, 1.807) is 12.1 Å². The van der Waals surface area contributed by atoms with E-state index in [2.05, 4.69) is 15.2 Å². The lowest BCUT2D eigenvalue weighted by Crippen LogP contribution is -1.94. The Balaban J connectivity index is 1.95. The number of aromatic amines is 1. The maximum atomic E-state index is 13.8. The number of hydrogen-bond donors (Lipinski definition) is 1. The van der Waals surface area contributed by atoms with Gasteiger partial charge in [-0.05, 0) is 25.0 Å². The summed E-state index contributed by atoms with van der Waals surface area (Å²) in [5, 5.41) is 7.12. The van der Waals surface area contributed by atoms with Crippen molar-refractivity contribution in [2.75, 3.05) is 0 Å². The van der Waals surface area contributed by atoms with Crippen molar-refractivity contribution in [1.82, 2.24) is 15.2 Å². The van der Waals surface area contributed by atoms with Gasteiger partial charge in [0.25, 0.3) is 0 Å².